The molecule has 0 aromatic heterocycles. The van der Waals surface area contributed by atoms with E-state index in [0.717, 1.165) is 96.4 Å². The Kier molecular flexibility index (Phi) is 11.1. The third kappa shape index (κ3) is 8.47. The summed E-state index contributed by atoms with van der Waals surface area (Å²) in [5.74, 6) is 2.48. The van der Waals surface area contributed by atoms with Crippen molar-refractivity contribution in [1.82, 2.24) is 15.5 Å². The Morgan fingerprint density at radius 1 is 0.898 bits per heavy atom. The number of benzene rings is 2. The average Bonchev–Trinajstić information content (AvgIpc) is 3.12. The summed E-state index contributed by atoms with van der Waals surface area (Å²) in [5, 5.41) is 6.04. The molecular weight excluding hydrogens is 625 g/mol. The smallest absolute Gasteiger partial charge is 0.251 e. The van der Waals surface area contributed by atoms with Crippen LogP contribution in [0.3, 0.4) is 0 Å². The second kappa shape index (κ2) is 15.9. The molecule has 6 aliphatic rings. The zero-order chi connectivity index (χ0) is 33.6. The molecule has 49 heavy (non-hydrogen) atoms. The van der Waals surface area contributed by atoms with Crippen LogP contribution in [0.5, 0.6) is 5.75 Å². The van der Waals surface area contributed by atoms with Crippen molar-refractivity contribution >= 4 is 11.8 Å². The summed E-state index contributed by atoms with van der Waals surface area (Å²) >= 11 is 0. The number of aliphatic hydroxyl groups is 1. The lowest BCUT2D eigenvalue weighted by atomic mass is 9.48. The molecule has 2 amide bonds. The summed E-state index contributed by atoms with van der Waals surface area (Å²) in [4.78, 5) is 39.4. The number of carbonyl (C=O) groups excluding carboxylic acids is 2. The highest BCUT2D eigenvalue weighted by atomic mass is 19.1. The van der Waals surface area contributed by atoms with Gasteiger partial charge in [0.2, 0.25) is 5.91 Å². The van der Waals surface area contributed by atoms with Crippen LogP contribution in [0.15, 0.2) is 48.5 Å². The van der Waals surface area contributed by atoms with Crippen molar-refractivity contribution in [2.45, 2.75) is 82.3 Å². The Labute approximate surface area is 289 Å². The fourth-order valence-electron chi connectivity index (χ4n) is 9.44. The van der Waals surface area contributed by atoms with Crippen molar-refractivity contribution in [3.63, 3.8) is 0 Å². The zero-order valence-electron chi connectivity index (χ0n) is 28.6. The molecule has 266 valence electrons. The highest BCUT2D eigenvalue weighted by Gasteiger charge is 2.61. The van der Waals surface area contributed by atoms with E-state index in [-0.39, 0.29) is 35.3 Å². The van der Waals surface area contributed by atoms with Crippen molar-refractivity contribution in [2.75, 3.05) is 52.5 Å². The molecule has 2 unspecified atom stereocenters. The fourth-order valence-corrected chi connectivity index (χ4v) is 9.44. The van der Waals surface area contributed by atoms with Gasteiger partial charge in [-0.1, -0.05) is 12.1 Å². The van der Waals surface area contributed by atoms with Gasteiger partial charge in [-0.25, -0.2) is 9.28 Å². The summed E-state index contributed by atoms with van der Waals surface area (Å²) in [6.45, 7) is 6.21. The SMILES string of the molecule is O=C(NCCCNC(=O)C12CC3CC(C1)C([OH+]OC1CCC(c4ccc(OCCN5CCOCC5)cc4)CC1)C(C3)C2)c1ccc(F)cc1. The monoisotopic (exact) mass is 678 g/mol. The number of ether oxygens (including phenoxy) is 2. The first-order valence-electron chi connectivity index (χ1n) is 18.6. The first-order valence-corrected chi connectivity index (χ1v) is 18.6. The van der Waals surface area contributed by atoms with E-state index >= 15 is 0 Å². The molecule has 3 N–H and O–H groups in total. The van der Waals surface area contributed by atoms with Gasteiger partial charge < -0.3 is 20.1 Å². The van der Waals surface area contributed by atoms with Crippen molar-refractivity contribution in [1.29, 1.82) is 0 Å². The van der Waals surface area contributed by atoms with Gasteiger partial charge in [0.15, 0.2) is 6.10 Å². The number of hydrogen-bond donors (Lipinski definition) is 2. The Morgan fingerprint density at radius 2 is 1.59 bits per heavy atom. The van der Waals surface area contributed by atoms with Crippen LogP contribution >= 0.6 is 0 Å². The molecule has 9 nitrogen and oxygen atoms in total. The number of halogens is 1. The van der Waals surface area contributed by atoms with Gasteiger partial charge in [0.25, 0.3) is 5.91 Å². The third-order valence-electron chi connectivity index (χ3n) is 11.9. The molecule has 2 atom stereocenters. The van der Waals surface area contributed by atoms with Gasteiger partial charge in [-0.2, -0.15) is 0 Å². The van der Waals surface area contributed by atoms with Crippen LogP contribution < -0.4 is 15.4 Å². The first-order chi connectivity index (χ1) is 23.9. The maximum Gasteiger partial charge on any atom is 0.251 e. The molecule has 4 bridgehead atoms. The molecule has 5 aliphatic carbocycles. The minimum absolute atomic E-state index is 0.169. The van der Waals surface area contributed by atoms with E-state index in [2.05, 4.69) is 39.8 Å². The quantitative estimate of drug-likeness (QED) is 0.124. The molecule has 2 aromatic rings. The molecule has 6 fully saturated rings. The van der Waals surface area contributed by atoms with Gasteiger partial charge in [-0.3, -0.25) is 14.5 Å². The first kappa shape index (κ1) is 34.4. The van der Waals surface area contributed by atoms with Gasteiger partial charge >= 0.3 is 0 Å². The highest BCUT2D eigenvalue weighted by molar-refractivity contribution is 5.94. The minimum atomic E-state index is -0.366. The van der Waals surface area contributed by atoms with Crippen LogP contribution in [0.2, 0.25) is 0 Å². The average molecular weight is 679 g/mol. The Bertz CT molecular complexity index is 1380. The molecule has 10 heteroatoms. The van der Waals surface area contributed by atoms with Crippen molar-refractivity contribution < 1.29 is 33.2 Å². The fraction of sp³-hybridized carbons (Fsp3) is 0.641. The molecule has 0 radical (unpaired) electrons. The van der Waals surface area contributed by atoms with E-state index in [0.29, 0.717) is 55.4 Å². The van der Waals surface area contributed by atoms with Crippen LogP contribution in [0.4, 0.5) is 4.39 Å². The van der Waals surface area contributed by atoms with Gasteiger partial charge in [0.05, 0.1) is 18.6 Å². The van der Waals surface area contributed by atoms with Gasteiger partial charge in [0.1, 0.15) is 24.3 Å². The zero-order valence-corrected chi connectivity index (χ0v) is 28.6. The third-order valence-corrected chi connectivity index (χ3v) is 11.9. The summed E-state index contributed by atoms with van der Waals surface area (Å²) in [5.41, 5.74) is 1.52. The number of nitrogens with zero attached hydrogens (tertiary/aromatic N) is 1. The minimum Gasteiger partial charge on any atom is -0.492 e. The van der Waals surface area contributed by atoms with Crippen LogP contribution in [-0.4, -0.2) is 86.4 Å². The van der Waals surface area contributed by atoms with Gasteiger partial charge in [-0.15, -0.1) is 4.89 Å². The predicted octanol–water partition coefficient (Wildman–Crippen LogP) is 5.15. The van der Waals surface area contributed by atoms with Crippen LogP contribution in [0, 0.1) is 29.0 Å². The molecule has 5 saturated carbocycles. The highest BCUT2D eigenvalue weighted by Crippen LogP contribution is 2.60. The number of rotatable bonds is 14. The normalized spacial score (nSPS) is 31.0. The number of hydrogen-bond acceptors (Lipinski definition) is 6. The maximum absolute atomic E-state index is 13.5. The number of amides is 2. The summed E-state index contributed by atoms with van der Waals surface area (Å²) in [7, 11) is 0. The second-order valence-electron chi connectivity index (χ2n) is 15.2. The molecule has 8 rings (SSSR count). The Morgan fingerprint density at radius 3 is 2.31 bits per heavy atom. The molecular formula is C39H53FN3O6+. The predicted molar refractivity (Wildman–Crippen MR) is 184 cm³/mol. The van der Waals surface area contributed by atoms with E-state index in [1.165, 1.54) is 29.8 Å². The molecule has 1 aliphatic heterocycles. The van der Waals surface area contributed by atoms with Crippen LogP contribution in [-0.2, 0) is 14.4 Å². The lowest BCUT2D eigenvalue weighted by molar-refractivity contribution is -0.489. The molecule has 0 spiro atoms. The van der Waals surface area contributed by atoms with Crippen LogP contribution in [0.25, 0.3) is 0 Å². The lowest BCUT2D eigenvalue weighted by Crippen LogP contribution is -2.60. The Hall–Kier alpha value is -3.05. The van der Waals surface area contributed by atoms with Gasteiger partial charge in [0, 0.05) is 50.1 Å². The van der Waals surface area contributed by atoms with E-state index in [9.17, 15) is 14.0 Å². The molecule has 2 aromatic carbocycles. The topological polar surface area (TPSA) is 102 Å². The van der Waals surface area contributed by atoms with E-state index in [1.807, 2.05) is 0 Å². The van der Waals surface area contributed by atoms with Crippen LogP contribution in [0.1, 0.15) is 86.0 Å². The van der Waals surface area contributed by atoms with E-state index < -0.39 is 0 Å². The summed E-state index contributed by atoms with van der Waals surface area (Å²) < 4.78 is 24.6. The second-order valence-corrected chi connectivity index (χ2v) is 15.2. The number of carbonyl (C=O) groups is 2. The standard InChI is InChI=1S/C39H52FN3O6/c40-33-8-2-30(3-9-33)37(44)41-14-1-15-42-38(45)39-24-27-22-31(25-39)36(32(23-27)26-39)49-48-35-12-6-29(7-13-35)28-4-10-34(11-5-28)47-21-18-43-16-19-46-20-17-43/h2-5,8-11,27,29,31-32,35-36H,1,6-7,12-26H2,(H,41,44)(H,42,45)/p+1. The number of morpholine rings is 1. The van der Waals surface area contributed by atoms with Crippen molar-refractivity contribution in [3.8, 4) is 5.75 Å². The maximum atomic E-state index is 13.5. The summed E-state index contributed by atoms with van der Waals surface area (Å²) in [6.07, 6.45) is 10.4. The molecule has 1 heterocycles. The molecule has 1 saturated heterocycles. The lowest BCUT2D eigenvalue weighted by Gasteiger charge is -2.56. The van der Waals surface area contributed by atoms with E-state index in [1.54, 1.807) is 0 Å². The van der Waals surface area contributed by atoms with Crippen molar-refractivity contribution in [2.24, 2.45) is 23.2 Å². The van der Waals surface area contributed by atoms with E-state index in [4.69, 9.17) is 19.2 Å². The largest absolute Gasteiger partial charge is 0.492 e. The summed E-state index contributed by atoms with van der Waals surface area (Å²) in [6, 6.07) is 14.2. The number of nitrogens with one attached hydrogen (secondary N) is 2. The van der Waals surface area contributed by atoms with Crippen molar-refractivity contribution in [3.05, 3.63) is 65.5 Å². The van der Waals surface area contributed by atoms with Gasteiger partial charge in [-0.05, 0) is 118 Å². The Balaban J connectivity index is 0.802.